The van der Waals surface area contributed by atoms with Gasteiger partial charge in [0.2, 0.25) is 0 Å². The predicted octanol–water partition coefficient (Wildman–Crippen LogP) is 1.66. The standard InChI is InChI=1S/C17H18N6O2/c1-12-19-20-16-8-7-15(21-23(12)16)18-9-4-10-22-13-5-2-3-6-14(13)25-11-17(22)24/h2-3,5-8H,4,9-11H2,1H3,(H,18,21). The molecule has 1 N–H and O–H groups in total. The smallest absolute Gasteiger partial charge is 0.265 e. The van der Waals surface area contributed by atoms with Crippen molar-refractivity contribution in [2.24, 2.45) is 0 Å². The Bertz CT molecular complexity index is 922. The molecule has 0 bridgehead atoms. The molecule has 1 aliphatic rings. The number of nitrogens with one attached hydrogen (secondary N) is 1. The molecule has 25 heavy (non-hydrogen) atoms. The van der Waals surface area contributed by atoms with Crippen LogP contribution >= 0.6 is 0 Å². The summed E-state index contributed by atoms with van der Waals surface area (Å²) in [5.74, 6) is 2.24. The van der Waals surface area contributed by atoms with E-state index in [4.69, 9.17) is 4.74 Å². The number of fused-ring (bicyclic) bond motifs is 2. The van der Waals surface area contributed by atoms with Crippen molar-refractivity contribution in [3.8, 4) is 5.75 Å². The number of aryl methyl sites for hydroxylation is 1. The molecule has 2 aromatic heterocycles. The van der Waals surface area contributed by atoms with E-state index in [0.717, 1.165) is 35.1 Å². The van der Waals surface area contributed by atoms with Gasteiger partial charge in [0.25, 0.3) is 5.91 Å². The highest BCUT2D eigenvalue weighted by molar-refractivity contribution is 5.97. The normalized spacial score (nSPS) is 13.6. The van der Waals surface area contributed by atoms with E-state index in [1.54, 1.807) is 9.42 Å². The average Bonchev–Trinajstić information content (AvgIpc) is 3.01. The molecule has 8 nitrogen and oxygen atoms in total. The highest BCUT2D eigenvalue weighted by Gasteiger charge is 2.24. The molecular weight excluding hydrogens is 320 g/mol. The number of aromatic nitrogens is 4. The lowest BCUT2D eigenvalue weighted by molar-refractivity contribution is -0.121. The Balaban J connectivity index is 1.37. The molecule has 128 valence electrons. The van der Waals surface area contributed by atoms with E-state index in [0.29, 0.717) is 13.1 Å². The molecule has 0 saturated heterocycles. The number of carbonyl (C=O) groups is 1. The molecule has 4 rings (SSSR count). The molecule has 0 fully saturated rings. The molecule has 1 aromatic carbocycles. The Morgan fingerprint density at radius 1 is 1.20 bits per heavy atom. The van der Waals surface area contributed by atoms with Gasteiger partial charge in [-0.15, -0.1) is 15.3 Å². The molecule has 3 heterocycles. The molecule has 0 unspecified atom stereocenters. The number of carbonyl (C=O) groups excluding carboxylic acids is 1. The molecule has 0 spiro atoms. The van der Waals surface area contributed by atoms with Crippen LogP contribution < -0.4 is 15.0 Å². The first-order valence-electron chi connectivity index (χ1n) is 8.17. The molecule has 0 atom stereocenters. The van der Waals surface area contributed by atoms with Crippen molar-refractivity contribution in [3.63, 3.8) is 0 Å². The van der Waals surface area contributed by atoms with Gasteiger partial charge in [-0.2, -0.15) is 4.52 Å². The third-order valence-electron chi connectivity index (χ3n) is 4.09. The molecule has 0 aliphatic carbocycles. The van der Waals surface area contributed by atoms with Crippen molar-refractivity contribution in [2.45, 2.75) is 13.3 Å². The predicted molar refractivity (Wildman–Crippen MR) is 92.9 cm³/mol. The van der Waals surface area contributed by atoms with E-state index in [1.807, 2.05) is 43.3 Å². The Kier molecular flexibility index (Phi) is 3.93. The van der Waals surface area contributed by atoms with Gasteiger partial charge in [0.15, 0.2) is 18.1 Å². The number of rotatable bonds is 5. The van der Waals surface area contributed by atoms with Crippen LogP contribution in [-0.4, -0.2) is 45.4 Å². The number of benzene rings is 1. The minimum absolute atomic E-state index is 0.0154. The zero-order chi connectivity index (χ0) is 17.2. The van der Waals surface area contributed by atoms with Crippen molar-refractivity contribution in [3.05, 3.63) is 42.2 Å². The lowest BCUT2D eigenvalue weighted by Gasteiger charge is -2.29. The van der Waals surface area contributed by atoms with E-state index in [1.165, 1.54) is 0 Å². The largest absolute Gasteiger partial charge is 0.482 e. The maximum atomic E-state index is 12.1. The minimum Gasteiger partial charge on any atom is -0.482 e. The molecule has 8 heteroatoms. The van der Waals surface area contributed by atoms with Crippen LogP contribution in [-0.2, 0) is 4.79 Å². The summed E-state index contributed by atoms with van der Waals surface area (Å²) >= 11 is 0. The van der Waals surface area contributed by atoms with E-state index >= 15 is 0 Å². The molecule has 1 aliphatic heterocycles. The van der Waals surface area contributed by atoms with Gasteiger partial charge >= 0.3 is 0 Å². The molecule has 0 saturated carbocycles. The summed E-state index contributed by atoms with van der Waals surface area (Å²) in [6, 6.07) is 11.4. The van der Waals surface area contributed by atoms with Crippen molar-refractivity contribution in [1.29, 1.82) is 0 Å². The molecule has 3 aromatic rings. The van der Waals surface area contributed by atoms with Gasteiger partial charge in [-0.05, 0) is 37.6 Å². The van der Waals surface area contributed by atoms with Crippen LogP contribution in [0.2, 0.25) is 0 Å². The maximum Gasteiger partial charge on any atom is 0.265 e. The van der Waals surface area contributed by atoms with Crippen LogP contribution in [0, 0.1) is 6.92 Å². The van der Waals surface area contributed by atoms with Gasteiger partial charge in [0.05, 0.1) is 5.69 Å². The van der Waals surface area contributed by atoms with Crippen molar-refractivity contribution < 1.29 is 9.53 Å². The van der Waals surface area contributed by atoms with Crippen LogP contribution in [0.5, 0.6) is 5.75 Å². The number of hydrogen-bond donors (Lipinski definition) is 1. The van der Waals surface area contributed by atoms with E-state index in [2.05, 4.69) is 20.6 Å². The topological polar surface area (TPSA) is 84.7 Å². The Hall–Kier alpha value is -3.16. The minimum atomic E-state index is -0.0154. The van der Waals surface area contributed by atoms with Crippen LogP contribution in [0.4, 0.5) is 11.5 Å². The van der Waals surface area contributed by atoms with Crippen LogP contribution in [0.1, 0.15) is 12.2 Å². The maximum absolute atomic E-state index is 12.1. The summed E-state index contributed by atoms with van der Waals surface area (Å²) in [5, 5.41) is 15.7. The van der Waals surface area contributed by atoms with E-state index < -0.39 is 0 Å². The first kappa shape index (κ1) is 15.4. The SMILES string of the molecule is Cc1nnc2ccc(NCCCN3C(=O)COc4ccccc43)nn12. The molecule has 1 amide bonds. The highest BCUT2D eigenvalue weighted by atomic mass is 16.5. The number of anilines is 2. The lowest BCUT2D eigenvalue weighted by Crippen LogP contribution is -2.39. The van der Waals surface area contributed by atoms with Crippen LogP contribution in [0.25, 0.3) is 5.65 Å². The molecule has 0 radical (unpaired) electrons. The number of ether oxygens (including phenoxy) is 1. The summed E-state index contributed by atoms with van der Waals surface area (Å²) < 4.78 is 7.15. The summed E-state index contributed by atoms with van der Waals surface area (Å²) in [5.41, 5.74) is 1.55. The average molecular weight is 338 g/mol. The number of hydrogen-bond acceptors (Lipinski definition) is 6. The lowest BCUT2D eigenvalue weighted by atomic mass is 10.2. The quantitative estimate of drug-likeness (QED) is 0.712. The van der Waals surface area contributed by atoms with Gasteiger partial charge in [-0.25, -0.2) is 0 Å². The Morgan fingerprint density at radius 2 is 2.08 bits per heavy atom. The Morgan fingerprint density at radius 3 is 3.00 bits per heavy atom. The van der Waals surface area contributed by atoms with Crippen molar-refractivity contribution >= 4 is 23.1 Å². The second kappa shape index (κ2) is 6.39. The van der Waals surface area contributed by atoms with Gasteiger partial charge in [0.1, 0.15) is 11.6 Å². The fraction of sp³-hybridized carbons (Fsp3) is 0.294. The first-order valence-corrected chi connectivity index (χ1v) is 8.17. The van der Waals surface area contributed by atoms with Gasteiger partial charge in [-0.3, -0.25) is 4.79 Å². The van der Waals surface area contributed by atoms with E-state index in [-0.39, 0.29) is 12.5 Å². The number of para-hydroxylation sites is 2. The molecular formula is C17H18N6O2. The zero-order valence-electron chi connectivity index (χ0n) is 13.8. The summed E-state index contributed by atoms with van der Waals surface area (Å²) in [6.45, 7) is 3.28. The monoisotopic (exact) mass is 338 g/mol. The zero-order valence-corrected chi connectivity index (χ0v) is 13.8. The summed E-state index contributed by atoms with van der Waals surface area (Å²) in [7, 11) is 0. The Labute approximate surface area is 144 Å². The third kappa shape index (κ3) is 2.98. The van der Waals surface area contributed by atoms with Crippen LogP contribution in [0.15, 0.2) is 36.4 Å². The second-order valence-corrected chi connectivity index (χ2v) is 5.82. The second-order valence-electron chi connectivity index (χ2n) is 5.82. The van der Waals surface area contributed by atoms with Crippen molar-refractivity contribution in [2.75, 3.05) is 29.9 Å². The first-order chi connectivity index (χ1) is 12.2. The van der Waals surface area contributed by atoms with Crippen molar-refractivity contribution in [1.82, 2.24) is 19.8 Å². The summed E-state index contributed by atoms with van der Waals surface area (Å²) in [4.78, 5) is 13.9. The summed E-state index contributed by atoms with van der Waals surface area (Å²) in [6.07, 6.45) is 0.793. The van der Waals surface area contributed by atoms with Gasteiger partial charge < -0.3 is 15.0 Å². The fourth-order valence-corrected chi connectivity index (χ4v) is 2.84. The number of amides is 1. The van der Waals surface area contributed by atoms with Gasteiger partial charge in [0, 0.05) is 13.1 Å². The highest BCUT2D eigenvalue weighted by Crippen LogP contribution is 2.31. The van der Waals surface area contributed by atoms with Gasteiger partial charge in [-0.1, -0.05) is 12.1 Å². The number of nitrogens with zero attached hydrogens (tertiary/aromatic N) is 5. The third-order valence-corrected chi connectivity index (χ3v) is 4.09. The fourth-order valence-electron chi connectivity index (χ4n) is 2.84. The van der Waals surface area contributed by atoms with E-state index in [9.17, 15) is 4.79 Å². The van der Waals surface area contributed by atoms with Crippen LogP contribution in [0.3, 0.4) is 0 Å².